The third kappa shape index (κ3) is 1.97. The highest BCUT2D eigenvalue weighted by molar-refractivity contribution is 7.13. The van der Waals surface area contributed by atoms with E-state index < -0.39 is 0 Å². The van der Waals surface area contributed by atoms with Gasteiger partial charge in [-0.15, -0.1) is 11.3 Å². The second-order valence-electron chi connectivity index (χ2n) is 3.95. The molecule has 17 heavy (non-hydrogen) atoms. The molecular formula is C13H13N3S. The number of nitrogens with two attached hydrogens (primary N) is 1. The van der Waals surface area contributed by atoms with Crippen LogP contribution in [0.2, 0.25) is 0 Å². The molecule has 3 N–H and O–H groups in total. The molecule has 0 saturated carbocycles. The smallest absolute Gasteiger partial charge is 0.139 e. The Hall–Kier alpha value is -1.65. The van der Waals surface area contributed by atoms with Crippen molar-refractivity contribution in [3.05, 3.63) is 41.4 Å². The molecule has 4 heteroatoms. The number of nitrogens with one attached hydrogen (secondary N) is 1. The summed E-state index contributed by atoms with van der Waals surface area (Å²) in [5.74, 6) is 0. The molecular weight excluding hydrogens is 230 g/mol. The van der Waals surface area contributed by atoms with E-state index in [0.29, 0.717) is 6.54 Å². The van der Waals surface area contributed by atoms with Gasteiger partial charge in [0.05, 0.1) is 11.4 Å². The van der Waals surface area contributed by atoms with Crippen LogP contribution < -0.4 is 5.73 Å². The normalized spacial score (nSPS) is 11.1. The van der Waals surface area contributed by atoms with E-state index in [1.54, 1.807) is 11.3 Å². The van der Waals surface area contributed by atoms with Crippen LogP contribution in [0.25, 0.3) is 21.6 Å². The minimum Gasteiger partial charge on any atom is -0.353 e. The fraction of sp³-hybridized carbons (Fsp3) is 0.154. The number of benzene rings is 1. The Balaban J connectivity index is 2.01. The number of hydrogen-bond acceptors (Lipinski definition) is 3. The summed E-state index contributed by atoms with van der Waals surface area (Å²) in [6.07, 6.45) is 0.844. The molecule has 0 spiro atoms. The van der Waals surface area contributed by atoms with E-state index in [-0.39, 0.29) is 0 Å². The summed E-state index contributed by atoms with van der Waals surface area (Å²) < 4.78 is 0. The molecule has 0 bridgehead atoms. The molecule has 0 aliphatic rings. The molecule has 86 valence electrons. The maximum Gasteiger partial charge on any atom is 0.139 e. The number of fused-ring (bicyclic) bond motifs is 1. The van der Waals surface area contributed by atoms with Crippen molar-refractivity contribution in [2.45, 2.75) is 6.42 Å². The summed E-state index contributed by atoms with van der Waals surface area (Å²) in [7, 11) is 0. The van der Waals surface area contributed by atoms with Gasteiger partial charge >= 0.3 is 0 Å². The lowest BCUT2D eigenvalue weighted by Gasteiger charge is -1.90. The van der Waals surface area contributed by atoms with Gasteiger partial charge in [-0.2, -0.15) is 0 Å². The summed E-state index contributed by atoms with van der Waals surface area (Å²) in [5.41, 5.74) is 8.84. The molecule has 0 saturated heterocycles. The molecule has 2 aromatic heterocycles. The lowest BCUT2D eigenvalue weighted by Crippen LogP contribution is -2.02. The molecule has 0 aliphatic carbocycles. The average molecular weight is 243 g/mol. The van der Waals surface area contributed by atoms with Gasteiger partial charge in [-0.25, -0.2) is 4.98 Å². The van der Waals surface area contributed by atoms with Crippen LogP contribution in [0.3, 0.4) is 0 Å². The Morgan fingerprint density at radius 1 is 1.29 bits per heavy atom. The van der Waals surface area contributed by atoms with Crippen LogP contribution in [0.5, 0.6) is 0 Å². The van der Waals surface area contributed by atoms with Crippen molar-refractivity contribution in [3.63, 3.8) is 0 Å². The Morgan fingerprint density at radius 2 is 2.18 bits per heavy atom. The average Bonchev–Trinajstić information content (AvgIpc) is 2.94. The van der Waals surface area contributed by atoms with Gasteiger partial charge in [0.15, 0.2) is 0 Å². The molecule has 1 aromatic carbocycles. The fourth-order valence-electron chi connectivity index (χ4n) is 1.88. The second kappa shape index (κ2) is 4.31. The number of H-pyrrole nitrogens is 1. The largest absolute Gasteiger partial charge is 0.353 e. The van der Waals surface area contributed by atoms with E-state index in [1.807, 2.05) is 12.1 Å². The van der Waals surface area contributed by atoms with Crippen LogP contribution in [0, 0.1) is 0 Å². The first-order valence-corrected chi connectivity index (χ1v) is 6.47. The Morgan fingerprint density at radius 3 is 3.00 bits per heavy atom. The third-order valence-electron chi connectivity index (χ3n) is 2.71. The lowest BCUT2D eigenvalue weighted by molar-refractivity contribution is 0.936. The van der Waals surface area contributed by atoms with Gasteiger partial charge < -0.3 is 10.7 Å². The zero-order chi connectivity index (χ0) is 11.7. The maximum atomic E-state index is 5.53. The second-order valence-corrected chi connectivity index (χ2v) is 4.81. The first-order chi connectivity index (χ1) is 8.36. The van der Waals surface area contributed by atoms with E-state index in [9.17, 15) is 0 Å². The Bertz CT molecular complexity index is 606. The van der Waals surface area contributed by atoms with Crippen molar-refractivity contribution in [2.75, 3.05) is 6.54 Å². The first-order valence-electron chi connectivity index (χ1n) is 5.59. The third-order valence-corrected chi connectivity index (χ3v) is 3.64. The molecule has 3 aromatic rings. The number of para-hydroxylation sites is 1. The minimum atomic E-state index is 0.649. The summed E-state index contributed by atoms with van der Waals surface area (Å²) in [6, 6.07) is 10.4. The number of thiazole rings is 1. The SMILES string of the molecule is NCCc1csc(-c2cc3ccccc3[nH]2)n1. The highest BCUT2D eigenvalue weighted by Gasteiger charge is 2.07. The maximum absolute atomic E-state index is 5.53. The van der Waals surface area contributed by atoms with Gasteiger partial charge in [-0.05, 0) is 18.7 Å². The van der Waals surface area contributed by atoms with E-state index in [1.165, 1.54) is 5.39 Å². The molecule has 0 radical (unpaired) electrons. The van der Waals surface area contributed by atoms with Crippen molar-refractivity contribution in [1.29, 1.82) is 0 Å². The predicted molar refractivity (Wildman–Crippen MR) is 72.2 cm³/mol. The van der Waals surface area contributed by atoms with Crippen LogP contribution in [0.4, 0.5) is 0 Å². The fourth-order valence-corrected chi connectivity index (χ4v) is 2.71. The number of aromatic nitrogens is 2. The van der Waals surface area contributed by atoms with Gasteiger partial charge in [-0.1, -0.05) is 18.2 Å². The van der Waals surface area contributed by atoms with Crippen molar-refractivity contribution in [1.82, 2.24) is 9.97 Å². The van der Waals surface area contributed by atoms with E-state index >= 15 is 0 Å². The van der Waals surface area contributed by atoms with Gasteiger partial charge in [0.1, 0.15) is 5.01 Å². The van der Waals surface area contributed by atoms with Crippen LogP contribution in [0.1, 0.15) is 5.69 Å². The summed E-state index contributed by atoms with van der Waals surface area (Å²) in [4.78, 5) is 7.96. The van der Waals surface area contributed by atoms with Crippen molar-refractivity contribution < 1.29 is 0 Å². The van der Waals surface area contributed by atoms with Crippen molar-refractivity contribution in [2.24, 2.45) is 5.73 Å². The molecule has 0 atom stereocenters. The van der Waals surface area contributed by atoms with Crippen molar-refractivity contribution in [3.8, 4) is 10.7 Å². The molecule has 0 unspecified atom stereocenters. The Labute approximate surface area is 103 Å². The number of nitrogens with zero attached hydrogens (tertiary/aromatic N) is 1. The zero-order valence-electron chi connectivity index (χ0n) is 9.31. The molecule has 0 amide bonds. The summed E-state index contributed by atoms with van der Waals surface area (Å²) in [6.45, 7) is 0.649. The summed E-state index contributed by atoms with van der Waals surface area (Å²) in [5, 5.41) is 4.33. The predicted octanol–water partition coefficient (Wildman–Crippen LogP) is 2.79. The van der Waals surface area contributed by atoms with Gasteiger partial charge in [0.25, 0.3) is 0 Å². The molecule has 3 nitrogen and oxygen atoms in total. The minimum absolute atomic E-state index is 0.649. The topological polar surface area (TPSA) is 54.7 Å². The van der Waals surface area contributed by atoms with Gasteiger partial charge in [-0.3, -0.25) is 0 Å². The van der Waals surface area contributed by atoms with E-state index in [2.05, 4.69) is 33.5 Å². The highest BCUT2D eigenvalue weighted by atomic mass is 32.1. The lowest BCUT2D eigenvalue weighted by atomic mass is 10.2. The van der Waals surface area contributed by atoms with Crippen LogP contribution >= 0.6 is 11.3 Å². The molecule has 2 heterocycles. The van der Waals surface area contributed by atoms with Crippen LogP contribution in [0.15, 0.2) is 35.7 Å². The quantitative estimate of drug-likeness (QED) is 0.743. The highest BCUT2D eigenvalue weighted by Crippen LogP contribution is 2.26. The standard InChI is InChI=1S/C13H13N3S/c14-6-5-10-8-17-13(15-10)12-7-9-3-1-2-4-11(9)16-12/h1-4,7-8,16H,5-6,14H2. The molecule has 0 fully saturated rings. The number of rotatable bonds is 3. The van der Waals surface area contributed by atoms with Crippen LogP contribution in [-0.2, 0) is 6.42 Å². The summed E-state index contributed by atoms with van der Waals surface area (Å²) >= 11 is 1.66. The van der Waals surface area contributed by atoms with Crippen LogP contribution in [-0.4, -0.2) is 16.5 Å². The number of hydrogen-bond donors (Lipinski definition) is 2. The van der Waals surface area contributed by atoms with Gasteiger partial charge in [0.2, 0.25) is 0 Å². The van der Waals surface area contributed by atoms with E-state index in [4.69, 9.17) is 5.73 Å². The van der Waals surface area contributed by atoms with E-state index in [0.717, 1.165) is 28.3 Å². The Kier molecular flexibility index (Phi) is 2.66. The van der Waals surface area contributed by atoms with Gasteiger partial charge in [0, 0.05) is 22.7 Å². The zero-order valence-corrected chi connectivity index (χ0v) is 10.1. The molecule has 3 rings (SSSR count). The number of aromatic amines is 1. The van der Waals surface area contributed by atoms with Crippen molar-refractivity contribution >= 4 is 22.2 Å². The first kappa shape index (κ1) is 10.5. The molecule has 0 aliphatic heterocycles. The monoisotopic (exact) mass is 243 g/mol.